The van der Waals surface area contributed by atoms with Gasteiger partial charge in [-0.1, -0.05) is 42.5 Å². The Morgan fingerprint density at radius 2 is 1.77 bits per heavy atom. The summed E-state index contributed by atoms with van der Waals surface area (Å²) in [5.41, 5.74) is 2.44. The van der Waals surface area contributed by atoms with Gasteiger partial charge in [-0.15, -0.1) is 0 Å². The van der Waals surface area contributed by atoms with Crippen LogP contribution in [0.2, 0.25) is 0 Å². The van der Waals surface area contributed by atoms with Crippen LogP contribution in [0.1, 0.15) is 33.9 Å². The monoisotopic (exact) mass is 353 g/mol. The van der Waals surface area contributed by atoms with Gasteiger partial charge in [-0.2, -0.15) is 0 Å². The molecule has 0 spiro atoms. The molecule has 0 fully saturated rings. The summed E-state index contributed by atoms with van der Waals surface area (Å²) in [5.74, 6) is 0.00453. The van der Waals surface area contributed by atoms with E-state index in [0.29, 0.717) is 17.9 Å². The van der Waals surface area contributed by atoms with E-state index >= 15 is 0 Å². The van der Waals surface area contributed by atoms with Crippen molar-refractivity contribution in [3.8, 4) is 5.75 Å². The minimum atomic E-state index is -0.466. The number of esters is 1. The van der Waals surface area contributed by atoms with Gasteiger partial charge in [-0.05, 0) is 36.8 Å². The summed E-state index contributed by atoms with van der Waals surface area (Å²) in [5, 5.41) is 2.90. The second kappa shape index (κ2) is 9.42. The molecule has 2 aromatic rings. The SMILES string of the molecule is C=CCOc1ccc(C(=O)NC(CC(=O)OC)c2ccc(C)cc2)cc1. The number of carbonyl (C=O) groups is 2. The molecule has 2 rings (SSSR count). The van der Waals surface area contributed by atoms with Crippen molar-refractivity contribution in [2.24, 2.45) is 0 Å². The molecule has 0 aliphatic carbocycles. The summed E-state index contributed by atoms with van der Waals surface area (Å²) in [6.07, 6.45) is 1.71. The molecule has 0 saturated carbocycles. The van der Waals surface area contributed by atoms with Crippen LogP contribution in [0.15, 0.2) is 61.2 Å². The van der Waals surface area contributed by atoms with Crippen molar-refractivity contribution in [1.82, 2.24) is 5.32 Å². The third kappa shape index (κ3) is 5.48. The number of hydrogen-bond donors (Lipinski definition) is 1. The largest absolute Gasteiger partial charge is 0.490 e. The van der Waals surface area contributed by atoms with Crippen molar-refractivity contribution >= 4 is 11.9 Å². The zero-order chi connectivity index (χ0) is 18.9. The summed E-state index contributed by atoms with van der Waals surface area (Å²) in [6, 6.07) is 14.0. The first-order valence-corrected chi connectivity index (χ1v) is 8.31. The Morgan fingerprint density at radius 1 is 1.12 bits per heavy atom. The van der Waals surface area contributed by atoms with Crippen LogP contribution in [-0.2, 0) is 9.53 Å². The summed E-state index contributed by atoms with van der Waals surface area (Å²) in [4.78, 5) is 24.3. The first kappa shape index (κ1) is 19.2. The average molecular weight is 353 g/mol. The van der Waals surface area contributed by atoms with Gasteiger partial charge in [0, 0.05) is 5.56 Å². The quantitative estimate of drug-likeness (QED) is 0.582. The van der Waals surface area contributed by atoms with Gasteiger partial charge >= 0.3 is 5.97 Å². The molecule has 0 saturated heterocycles. The zero-order valence-electron chi connectivity index (χ0n) is 15.0. The highest BCUT2D eigenvalue weighted by molar-refractivity contribution is 5.94. The minimum Gasteiger partial charge on any atom is -0.490 e. The third-order valence-corrected chi connectivity index (χ3v) is 3.87. The van der Waals surface area contributed by atoms with Crippen molar-refractivity contribution in [3.05, 3.63) is 77.9 Å². The Morgan fingerprint density at radius 3 is 2.35 bits per heavy atom. The Bertz CT molecular complexity index is 751. The fourth-order valence-electron chi connectivity index (χ4n) is 2.40. The van der Waals surface area contributed by atoms with E-state index < -0.39 is 6.04 Å². The second-order valence-corrected chi connectivity index (χ2v) is 5.84. The number of carbonyl (C=O) groups excluding carboxylic acids is 2. The van der Waals surface area contributed by atoms with Crippen molar-refractivity contribution in [2.75, 3.05) is 13.7 Å². The molecule has 26 heavy (non-hydrogen) atoms. The first-order valence-electron chi connectivity index (χ1n) is 8.31. The lowest BCUT2D eigenvalue weighted by Gasteiger charge is -2.18. The van der Waals surface area contributed by atoms with Gasteiger partial charge < -0.3 is 14.8 Å². The van der Waals surface area contributed by atoms with E-state index in [9.17, 15) is 9.59 Å². The van der Waals surface area contributed by atoms with Gasteiger partial charge in [0.05, 0.1) is 19.6 Å². The van der Waals surface area contributed by atoms with Gasteiger partial charge in [-0.25, -0.2) is 0 Å². The zero-order valence-corrected chi connectivity index (χ0v) is 15.0. The van der Waals surface area contributed by atoms with E-state index in [0.717, 1.165) is 11.1 Å². The summed E-state index contributed by atoms with van der Waals surface area (Å²) in [6.45, 7) is 5.97. The van der Waals surface area contributed by atoms with Crippen LogP contribution in [-0.4, -0.2) is 25.6 Å². The summed E-state index contributed by atoms with van der Waals surface area (Å²) < 4.78 is 10.2. The van der Waals surface area contributed by atoms with E-state index in [1.807, 2.05) is 31.2 Å². The number of hydrogen-bond acceptors (Lipinski definition) is 4. The fraction of sp³-hybridized carbons (Fsp3) is 0.238. The van der Waals surface area contributed by atoms with Gasteiger partial charge in [0.15, 0.2) is 0 Å². The molecule has 1 N–H and O–H groups in total. The van der Waals surface area contributed by atoms with Crippen LogP contribution in [0.3, 0.4) is 0 Å². The van der Waals surface area contributed by atoms with E-state index in [-0.39, 0.29) is 18.3 Å². The molecule has 1 unspecified atom stereocenters. The number of amides is 1. The van der Waals surface area contributed by atoms with Crippen LogP contribution in [0.4, 0.5) is 0 Å². The van der Waals surface area contributed by atoms with Crippen LogP contribution >= 0.6 is 0 Å². The highest BCUT2D eigenvalue weighted by Gasteiger charge is 2.19. The molecular formula is C21H23NO4. The predicted octanol–water partition coefficient (Wildman–Crippen LogP) is 3.59. The number of aryl methyl sites for hydroxylation is 1. The van der Waals surface area contributed by atoms with Crippen molar-refractivity contribution in [2.45, 2.75) is 19.4 Å². The minimum absolute atomic E-state index is 0.0613. The molecule has 1 atom stereocenters. The van der Waals surface area contributed by atoms with Gasteiger partial charge in [0.25, 0.3) is 5.91 Å². The molecule has 5 nitrogen and oxygen atoms in total. The topological polar surface area (TPSA) is 64.6 Å². The third-order valence-electron chi connectivity index (χ3n) is 3.87. The highest BCUT2D eigenvalue weighted by atomic mass is 16.5. The predicted molar refractivity (Wildman–Crippen MR) is 100 cm³/mol. The molecule has 5 heteroatoms. The maximum Gasteiger partial charge on any atom is 0.307 e. The second-order valence-electron chi connectivity index (χ2n) is 5.84. The molecule has 0 radical (unpaired) electrons. The maximum absolute atomic E-state index is 12.6. The molecule has 0 aliphatic heterocycles. The normalized spacial score (nSPS) is 11.3. The molecule has 0 heterocycles. The molecule has 2 aromatic carbocycles. The molecule has 0 aromatic heterocycles. The number of rotatable bonds is 8. The molecule has 136 valence electrons. The fourth-order valence-corrected chi connectivity index (χ4v) is 2.40. The van der Waals surface area contributed by atoms with Crippen LogP contribution in [0.5, 0.6) is 5.75 Å². The molecule has 0 bridgehead atoms. The first-order chi connectivity index (χ1) is 12.5. The van der Waals surface area contributed by atoms with Crippen LogP contribution in [0.25, 0.3) is 0 Å². The Balaban J connectivity index is 2.13. The lowest BCUT2D eigenvalue weighted by Crippen LogP contribution is -2.30. The molecular weight excluding hydrogens is 330 g/mol. The number of ether oxygens (including phenoxy) is 2. The Hall–Kier alpha value is -3.08. The Labute approximate surface area is 153 Å². The summed E-state index contributed by atoms with van der Waals surface area (Å²) in [7, 11) is 1.33. The van der Waals surface area contributed by atoms with E-state index in [2.05, 4.69) is 11.9 Å². The van der Waals surface area contributed by atoms with Gasteiger partial charge in [-0.3, -0.25) is 9.59 Å². The van der Waals surface area contributed by atoms with E-state index in [1.165, 1.54) is 7.11 Å². The number of nitrogens with one attached hydrogen (secondary N) is 1. The molecule has 1 amide bonds. The smallest absolute Gasteiger partial charge is 0.307 e. The number of benzene rings is 2. The molecule has 0 aliphatic rings. The lowest BCUT2D eigenvalue weighted by molar-refractivity contribution is -0.141. The summed E-state index contributed by atoms with van der Waals surface area (Å²) >= 11 is 0. The van der Waals surface area contributed by atoms with Gasteiger partial charge in [0.1, 0.15) is 12.4 Å². The van der Waals surface area contributed by atoms with Crippen molar-refractivity contribution in [1.29, 1.82) is 0 Å². The van der Waals surface area contributed by atoms with Gasteiger partial charge in [0.2, 0.25) is 0 Å². The van der Waals surface area contributed by atoms with Crippen molar-refractivity contribution < 1.29 is 19.1 Å². The average Bonchev–Trinajstić information content (AvgIpc) is 2.66. The van der Waals surface area contributed by atoms with Crippen LogP contribution in [0, 0.1) is 6.92 Å². The highest BCUT2D eigenvalue weighted by Crippen LogP contribution is 2.20. The Kier molecular flexibility index (Phi) is 6.97. The lowest BCUT2D eigenvalue weighted by atomic mass is 10.0. The van der Waals surface area contributed by atoms with E-state index in [1.54, 1.807) is 30.3 Å². The standard InChI is InChI=1S/C21H23NO4/c1-4-13-26-18-11-9-17(10-12-18)21(24)22-19(14-20(23)25-3)16-7-5-15(2)6-8-16/h4-12,19H,1,13-14H2,2-3H3,(H,22,24). The maximum atomic E-state index is 12.6. The van der Waals surface area contributed by atoms with Crippen LogP contribution < -0.4 is 10.1 Å². The number of methoxy groups -OCH3 is 1. The van der Waals surface area contributed by atoms with Crippen molar-refractivity contribution in [3.63, 3.8) is 0 Å². The van der Waals surface area contributed by atoms with E-state index in [4.69, 9.17) is 9.47 Å².